The molecule has 5 rings (SSSR count). The Morgan fingerprint density at radius 3 is 2.23 bits per heavy atom. The molecule has 0 radical (unpaired) electrons. The molecule has 1 aliphatic rings. The summed E-state index contributed by atoms with van der Waals surface area (Å²) in [6, 6.07) is 16.1. The summed E-state index contributed by atoms with van der Waals surface area (Å²) in [6.45, 7) is 1.70. The largest absolute Gasteiger partial charge is 0.416 e. The molecule has 0 aliphatic carbocycles. The summed E-state index contributed by atoms with van der Waals surface area (Å²) >= 11 is 0. The Balaban J connectivity index is 1.44. The van der Waals surface area contributed by atoms with Crippen LogP contribution in [0, 0.1) is 0 Å². The number of rotatable bonds is 9. The number of fused-ring (bicyclic) bond motifs is 1. The summed E-state index contributed by atoms with van der Waals surface area (Å²) < 4.78 is 81.3. The van der Waals surface area contributed by atoms with E-state index < -0.39 is 59.4 Å². The van der Waals surface area contributed by atoms with E-state index in [-0.39, 0.29) is 25.1 Å². The van der Waals surface area contributed by atoms with Gasteiger partial charge in [0.25, 0.3) is 5.91 Å². The molecule has 48 heavy (non-hydrogen) atoms. The second-order valence-corrected chi connectivity index (χ2v) is 11.6. The normalized spacial score (nSPS) is 16.4. The Bertz CT molecular complexity index is 1740. The van der Waals surface area contributed by atoms with Crippen LogP contribution in [0.15, 0.2) is 79.0 Å². The first-order chi connectivity index (χ1) is 22.7. The van der Waals surface area contributed by atoms with Crippen molar-refractivity contribution in [2.24, 2.45) is 0 Å². The summed E-state index contributed by atoms with van der Waals surface area (Å²) in [6.07, 6.45) is -8.71. The number of alkyl halides is 6. The first-order valence-corrected chi connectivity index (χ1v) is 15.1. The van der Waals surface area contributed by atoms with Gasteiger partial charge in [0.15, 0.2) is 0 Å². The highest BCUT2D eigenvalue weighted by molar-refractivity contribution is 5.99. The number of aromatic nitrogens is 1. The Hall–Kier alpha value is -4.69. The Kier molecular flexibility index (Phi) is 10.2. The van der Waals surface area contributed by atoms with Crippen molar-refractivity contribution in [1.82, 2.24) is 25.4 Å². The van der Waals surface area contributed by atoms with Gasteiger partial charge >= 0.3 is 12.4 Å². The number of carbonyl (C=O) groups is 3. The van der Waals surface area contributed by atoms with E-state index in [1.54, 1.807) is 30.5 Å². The molecule has 1 saturated heterocycles. The zero-order valence-electron chi connectivity index (χ0n) is 25.8. The lowest BCUT2D eigenvalue weighted by Gasteiger charge is -2.36. The van der Waals surface area contributed by atoms with Gasteiger partial charge in [-0.2, -0.15) is 26.3 Å². The Morgan fingerprint density at radius 2 is 1.58 bits per heavy atom. The molecule has 4 aromatic rings. The van der Waals surface area contributed by atoms with Crippen molar-refractivity contribution in [3.05, 3.63) is 107 Å². The molecule has 0 saturated carbocycles. The van der Waals surface area contributed by atoms with Crippen molar-refractivity contribution < 1.29 is 40.7 Å². The molecule has 14 heteroatoms. The third kappa shape index (κ3) is 8.23. The molecular formula is C34H33F6N5O3. The van der Waals surface area contributed by atoms with Crippen LogP contribution in [-0.2, 0) is 39.7 Å². The molecule has 0 bridgehead atoms. The number of aromatic amines is 1. The van der Waals surface area contributed by atoms with E-state index >= 15 is 0 Å². The average Bonchev–Trinajstić information content (AvgIpc) is 3.45. The summed E-state index contributed by atoms with van der Waals surface area (Å²) in [4.78, 5) is 46.0. The Morgan fingerprint density at radius 1 is 0.938 bits per heavy atom. The van der Waals surface area contributed by atoms with Gasteiger partial charge in [-0.15, -0.1) is 0 Å². The fraction of sp³-hybridized carbons (Fsp3) is 0.324. The lowest BCUT2D eigenvalue weighted by Crippen LogP contribution is -2.54. The third-order valence-electron chi connectivity index (χ3n) is 8.25. The molecule has 254 valence electrons. The number of halogens is 6. The van der Waals surface area contributed by atoms with Gasteiger partial charge < -0.3 is 15.6 Å². The number of nitrogens with one attached hydrogen (secondary N) is 3. The lowest BCUT2D eigenvalue weighted by atomic mass is 10.0. The van der Waals surface area contributed by atoms with Gasteiger partial charge in [-0.3, -0.25) is 24.2 Å². The minimum Gasteiger partial charge on any atom is -0.361 e. The number of piperazine rings is 1. The molecular weight excluding hydrogens is 640 g/mol. The molecule has 1 fully saturated rings. The van der Waals surface area contributed by atoms with Crippen LogP contribution in [0.2, 0.25) is 0 Å². The van der Waals surface area contributed by atoms with Crippen molar-refractivity contribution in [2.45, 2.75) is 44.3 Å². The maximum absolute atomic E-state index is 14.0. The molecule has 3 amide bonds. The number of H-pyrrole nitrogens is 1. The van der Waals surface area contributed by atoms with Crippen LogP contribution in [0.5, 0.6) is 0 Å². The van der Waals surface area contributed by atoms with Crippen molar-refractivity contribution in [3.63, 3.8) is 0 Å². The maximum atomic E-state index is 14.0. The number of hydrogen-bond donors (Lipinski definition) is 3. The molecule has 3 aromatic carbocycles. The van der Waals surface area contributed by atoms with E-state index in [1.165, 1.54) is 0 Å². The first-order valence-electron chi connectivity index (χ1n) is 15.1. The molecule has 0 spiro atoms. The molecule has 2 heterocycles. The van der Waals surface area contributed by atoms with Crippen LogP contribution in [0.1, 0.15) is 40.8 Å². The fourth-order valence-electron chi connectivity index (χ4n) is 5.91. The quantitative estimate of drug-likeness (QED) is 0.205. The zero-order chi connectivity index (χ0) is 34.6. The van der Waals surface area contributed by atoms with E-state index in [4.69, 9.17) is 0 Å². The molecule has 2 atom stereocenters. The summed E-state index contributed by atoms with van der Waals surface area (Å²) in [5.41, 5.74) is -1.37. The monoisotopic (exact) mass is 673 g/mol. The predicted molar refractivity (Wildman–Crippen MR) is 165 cm³/mol. The van der Waals surface area contributed by atoms with Gasteiger partial charge in [0.1, 0.15) is 6.04 Å². The smallest absolute Gasteiger partial charge is 0.361 e. The maximum Gasteiger partial charge on any atom is 0.416 e. The number of imide groups is 1. The van der Waals surface area contributed by atoms with Gasteiger partial charge in [-0.25, -0.2) is 0 Å². The van der Waals surface area contributed by atoms with Crippen LogP contribution in [0.25, 0.3) is 10.9 Å². The van der Waals surface area contributed by atoms with Gasteiger partial charge in [0, 0.05) is 56.1 Å². The fourth-order valence-corrected chi connectivity index (χ4v) is 5.91. The minimum absolute atomic E-state index is 0.0255. The van der Waals surface area contributed by atoms with Crippen LogP contribution in [-0.4, -0.2) is 64.7 Å². The zero-order valence-corrected chi connectivity index (χ0v) is 25.8. The highest BCUT2D eigenvalue weighted by Gasteiger charge is 2.38. The number of hydrogen-bond acceptors (Lipinski definition) is 5. The van der Waals surface area contributed by atoms with Gasteiger partial charge in [-0.1, -0.05) is 48.5 Å². The molecule has 3 N–H and O–H groups in total. The number of carbonyl (C=O) groups excluding carboxylic acids is 3. The van der Waals surface area contributed by atoms with Gasteiger partial charge in [0.05, 0.1) is 24.2 Å². The van der Waals surface area contributed by atoms with E-state index in [2.05, 4.69) is 15.6 Å². The lowest BCUT2D eigenvalue weighted by molar-refractivity contribution is -0.147. The van der Waals surface area contributed by atoms with E-state index in [1.807, 2.05) is 35.2 Å². The number of benzene rings is 3. The number of amides is 3. The first kappa shape index (κ1) is 34.6. The van der Waals surface area contributed by atoms with Crippen molar-refractivity contribution in [2.75, 3.05) is 26.2 Å². The third-order valence-corrected chi connectivity index (χ3v) is 8.25. The molecule has 8 nitrogen and oxygen atoms in total. The second-order valence-electron chi connectivity index (χ2n) is 11.6. The van der Waals surface area contributed by atoms with Crippen molar-refractivity contribution in [1.29, 1.82) is 0 Å². The molecule has 1 aromatic heterocycles. The molecule has 1 aliphatic heterocycles. The number of para-hydroxylation sites is 1. The van der Waals surface area contributed by atoms with Crippen LogP contribution in [0.3, 0.4) is 0 Å². The average molecular weight is 674 g/mol. The second kappa shape index (κ2) is 14.2. The summed E-state index contributed by atoms with van der Waals surface area (Å²) in [5, 5.41) is 6.75. The standard InChI is InChI=1S/C34H33F6N5O3/c1-21(46)45(19-22-13-25(33(35,36)37)16-26(14-22)34(38,39)40)32(48)29(15-24-17-42-28-10-6-5-9-27(24)28)43-31(47)20-44-12-11-41-18-30(44)23-7-3-2-4-8-23/h2-10,13-14,16-17,29-30,41-42H,11-12,15,18-20H2,1H3,(H,43,47). The van der Waals surface area contributed by atoms with Crippen LogP contribution >= 0.6 is 0 Å². The summed E-state index contributed by atoms with van der Waals surface area (Å²) in [7, 11) is 0. The van der Waals surface area contributed by atoms with E-state index in [9.17, 15) is 40.7 Å². The van der Waals surface area contributed by atoms with Crippen LogP contribution in [0.4, 0.5) is 26.3 Å². The SMILES string of the molecule is CC(=O)N(Cc1cc(C(F)(F)F)cc(C(F)(F)F)c1)C(=O)C(Cc1c[nH]c2ccccc12)NC(=O)CN1CCNCC1c1ccccc1. The van der Waals surface area contributed by atoms with E-state index in [0.717, 1.165) is 23.4 Å². The van der Waals surface area contributed by atoms with Crippen molar-refractivity contribution in [3.8, 4) is 0 Å². The van der Waals surface area contributed by atoms with Crippen LogP contribution < -0.4 is 10.6 Å². The Labute approximate surface area is 272 Å². The highest BCUT2D eigenvalue weighted by atomic mass is 19.4. The van der Waals surface area contributed by atoms with Gasteiger partial charge in [-0.05, 0) is 41.0 Å². The molecule has 2 unspecified atom stereocenters. The van der Waals surface area contributed by atoms with Gasteiger partial charge in [0.2, 0.25) is 11.8 Å². The topological polar surface area (TPSA) is 97.5 Å². The number of nitrogens with zero attached hydrogens (tertiary/aromatic N) is 2. The van der Waals surface area contributed by atoms with Crippen molar-refractivity contribution >= 4 is 28.6 Å². The summed E-state index contributed by atoms with van der Waals surface area (Å²) in [5.74, 6) is -2.44. The highest BCUT2D eigenvalue weighted by Crippen LogP contribution is 2.36. The minimum atomic E-state index is -5.12. The van der Waals surface area contributed by atoms with E-state index in [0.29, 0.717) is 42.2 Å². The predicted octanol–water partition coefficient (Wildman–Crippen LogP) is 5.45.